The Morgan fingerprint density at radius 1 is 0.862 bits per heavy atom. The molecule has 2 aromatic rings. The normalized spacial score (nSPS) is 12.2. The van der Waals surface area contributed by atoms with Crippen molar-refractivity contribution in [2.45, 2.75) is 51.2 Å². The molecule has 1 unspecified atom stereocenters. The lowest BCUT2D eigenvalue weighted by Crippen LogP contribution is -2.22. The first-order chi connectivity index (χ1) is 14.2. The Morgan fingerprint density at radius 2 is 1.62 bits per heavy atom. The van der Waals surface area contributed by atoms with Crippen LogP contribution in [0.5, 0.6) is 5.75 Å². The molecule has 0 aliphatic heterocycles. The minimum absolute atomic E-state index is 0.0558. The number of nitrogens with one attached hydrogen (secondary N) is 1. The van der Waals surface area contributed by atoms with Crippen LogP contribution in [0, 0.1) is 0 Å². The summed E-state index contributed by atoms with van der Waals surface area (Å²) in [5, 5.41) is 32.5. The number of phenols is 1. The van der Waals surface area contributed by atoms with Crippen LogP contribution in [0.2, 0.25) is 0 Å². The molecule has 0 aromatic heterocycles. The van der Waals surface area contributed by atoms with Crippen molar-refractivity contribution in [2.75, 3.05) is 26.3 Å². The molecule has 2 aromatic carbocycles. The Labute approximate surface area is 174 Å². The Morgan fingerprint density at radius 3 is 2.41 bits per heavy atom. The molecule has 160 valence electrons. The summed E-state index contributed by atoms with van der Waals surface area (Å²) in [7, 11) is 0. The first-order valence-corrected chi connectivity index (χ1v) is 10.6. The molecule has 0 amide bonds. The molecule has 2 rings (SSSR count). The second-order valence-corrected chi connectivity index (χ2v) is 7.39. The molecule has 0 saturated carbocycles. The summed E-state index contributed by atoms with van der Waals surface area (Å²) in [4.78, 5) is 0. The van der Waals surface area contributed by atoms with Crippen LogP contribution in [-0.2, 0) is 17.8 Å². The zero-order valence-corrected chi connectivity index (χ0v) is 17.2. The summed E-state index contributed by atoms with van der Waals surface area (Å²) in [6.07, 6.45) is 5.74. The largest absolute Gasteiger partial charge is 0.508 e. The standard InChI is InChI=1S/C24H35NO4/c26-19-21-12-13-23(27)22(17-21)24(28)18-25-14-6-1-2-7-15-29-16-8-11-20-9-4-3-5-10-20/h3-5,9-10,12-13,17,24-28H,1-2,6-8,11,14-16,18-19H2. The van der Waals surface area contributed by atoms with E-state index >= 15 is 0 Å². The van der Waals surface area contributed by atoms with Gasteiger partial charge in [-0.2, -0.15) is 0 Å². The number of rotatable bonds is 15. The van der Waals surface area contributed by atoms with E-state index in [-0.39, 0.29) is 12.4 Å². The van der Waals surface area contributed by atoms with Crippen molar-refractivity contribution in [3.05, 3.63) is 65.2 Å². The van der Waals surface area contributed by atoms with E-state index in [2.05, 4.69) is 29.6 Å². The van der Waals surface area contributed by atoms with Crippen LogP contribution in [0.4, 0.5) is 0 Å². The highest BCUT2D eigenvalue weighted by molar-refractivity contribution is 5.37. The van der Waals surface area contributed by atoms with Crippen LogP contribution in [0.15, 0.2) is 48.5 Å². The monoisotopic (exact) mass is 401 g/mol. The highest BCUT2D eigenvalue weighted by Crippen LogP contribution is 2.25. The smallest absolute Gasteiger partial charge is 0.121 e. The fourth-order valence-corrected chi connectivity index (χ4v) is 3.25. The average Bonchev–Trinajstić information content (AvgIpc) is 2.75. The van der Waals surface area contributed by atoms with Crippen LogP contribution in [0.3, 0.4) is 0 Å². The van der Waals surface area contributed by atoms with E-state index in [9.17, 15) is 15.3 Å². The van der Waals surface area contributed by atoms with Gasteiger partial charge in [0.05, 0.1) is 12.7 Å². The quantitative estimate of drug-likeness (QED) is 0.342. The van der Waals surface area contributed by atoms with Crippen molar-refractivity contribution in [2.24, 2.45) is 0 Å². The number of aliphatic hydroxyl groups excluding tert-OH is 2. The molecule has 4 N–H and O–H groups in total. The molecule has 0 radical (unpaired) electrons. The maximum absolute atomic E-state index is 10.2. The maximum Gasteiger partial charge on any atom is 0.121 e. The number of aryl methyl sites for hydroxylation is 1. The highest BCUT2D eigenvalue weighted by Gasteiger charge is 2.12. The molecule has 5 heteroatoms. The molecule has 0 spiro atoms. The van der Waals surface area contributed by atoms with E-state index in [0.717, 1.165) is 58.3 Å². The first kappa shape index (κ1) is 23.4. The van der Waals surface area contributed by atoms with Gasteiger partial charge in [-0.1, -0.05) is 49.2 Å². The zero-order valence-electron chi connectivity index (χ0n) is 17.2. The molecule has 5 nitrogen and oxygen atoms in total. The van der Waals surface area contributed by atoms with Crippen LogP contribution in [0.1, 0.15) is 54.9 Å². The minimum Gasteiger partial charge on any atom is -0.508 e. The van der Waals surface area contributed by atoms with Gasteiger partial charge in [-0.3, -0.25) is 0 Å². The number of unbranched alkanes of at least 4 members (excludes halogenated alkanes) is 3. The maximum atomic E-state index is 10.2. The summed E-state index contributed by atoms with van der Waals surface area (Å²) in [6.45, 7) is 2.74. The lowest BCUT2D eigenvalue weighted by Gasteiger charge is -2.14. The van der Waals surface area contributed by atoms with E-state index < -0.39 is 6.10 Å². The van der Waals surface area contributed by atoms with Gasteiger partial charge in [-0.15, -0.1) is 0 Å². The fourth-order valence-electron chi connectivity index (χ4n) is 3.25. The van der Waals surface area contributed by atoms with Crippen molar-refractivity contribution in [3.8, 4) is 5.75 Å². The highest BCUT2D eigenvalue weighted by atomic mass is 16.5. The van der Waals surface area contributed by atoms with Crippen molar-refractivity contribution in [1.82, 2.24) is 5.32 Å². The van der Waals surface area contributed by atoms with Gasteiger partial charge in [0.2, 0.25) is 0 Å². The molecule has 0 aliphatic carbocycles. The predicted octanol–water partition coefficient (Wildman–Crippen LogP) is 3.72. The van der Waals surface area contributed by atoms with Gasteiger partial charge in [0.25, 0.3) is 0 Å². The Hall–Kier alpha value is -1.92. The van der Waals surface area contributed by atoms with Crippen LogP contribution >= 0.6 is 0 Å². The number of aliphatic hydroxyl groups is 2. The third-order valence-corrected chi connectivity index (χ3v) is 4.96. The van der Waals surface area contributed by atoms with Gasteiger partial charge in [0.1, 0.15) is 5.75 Å². The van der Waals surface area contributed by atoms with Gasteiger partial charge in [0.15, 0.2) is 0 Å². The molecule has 29 heavy (non-hydrogen) atoms. The minimum atomic E-state index is -0.786. The average molecular weight is 402 g/mol. The fraction of sp³-hybridized carbons (Fsp3) is 0.500. The second kappa shape index (κ2) is 14.1. The molecule has 0 aliphatic rings. The van der Waals surface area contributed by atoms with E-state index in [1.54, 1.807) is 12.1 Å². The van der Waals surface area contributed by atoms with E-state index in [1.165, 1.54) is 11.6 Å². The van der Waals surface area contributed by atoms with Crippen molar-refractivity contribution >= 4 is 0 Å². The number of aromatic hydroxyl groups is 1. The van der Waals surface area contributed by atoms with Gasteiger partial charge in [-0.05, 0) is 55.5 Å². The van der Waals surface area contributed by atoms with Gasteiger partial charge >= 0.3 is 0 Å². The second-order valence-electron chi connectivity index (χ2n) is 7.39. The van der Waals surface area contributed by atoms with Crippen molar-refractivity contribution in [1.29, 1.82) is 0 Å². The first-order valence-electron chi connectivity index (χ1n) is 10.6. The third kappa shape index (κ3) is 9.41. The molecular formula is C24H35NO4. The number of benzene rings is 2. The molecule has 0 saturated heterocycles. The number of hydrogen-bond donors (Lipinski definition) is 4. The molecular weight excluding hydrogens is 366 g/mol. The number of ether oxygens (including phenoxy) is 1. The molecule has 1 atom stereocenters. The summed E-state index contributed by atoms with van der Waals surface area (Å²) in [6, 6.07) is 15.3. The lowest BCUT2D eigenvalue weighted by molar-refractivity contribution is 0.127. The lowest BCUT2D eigenvalue weighted by atomic mass is 10.0. The van der Waals surface area contributed by atoms with E-state index in [4.69, 9.17) is 4.74 Å². The Bertz CT molecular complexity index is 678. The van der Waals surface area contributed by atoms with Crippen LogP contribution in [0.25, 0.3) is 0 Å². The third-order valence-electron chi connectivity index (χ3n) is 4.96. The Kier molecular flexibility index (Phi) is 11.4. The number of phenolic OH excluding ortho intramolecular Hbond substituents is 1. The molecule has 0 fully saturated rings. The molecule has 0 bridgehead atoms. The zero-order chi connectivity index (χ0) is 20.7. The summed E-state index contributed by atoms with van der Waals surface area (Å²) in [5.74, 6) is 0.0558. The SMILES string of the molecule is OCc1ccc(O)c(C(O)CNCCCCCCOCCCc2ccccc2)c1. The summed E-state index contributed by atoms with van der Waals surface area (Å²) >= 11 is 0. The predicted molar refractivity (Wildman–Crippen MR) is 116 cm³/mol. The van der Waals surface area contributed by atoms with Crippen LogP contribution < -0.4 is 5.32 Å². The van der Waals surface area contributed by atoms with Crippen molar-refractivity contribution < 1.29 is 20.1 Å². The number of hydrogen-bond acceptors (Lipinski definition) is 5. The van der Waals surface area contributed by atoms with E-state index in [0.29, 0.717) is 17.7 Å². The van der Waals surface area contributed by atoms with E-state index in [1.807, 2.05) is 6.07 Å². The van der Waals surface area contributed by atoms with Crippen molar-refractivity contribution in [3.63, 3.8) is 0 Å². The topological polar surface area (TPSA) is 82.0 Å². The van der Waals surface area contributed by atoms with Gasteiger partial charge in [-0.25, -0.2) is 0 Å². The summed E-state index contributed by atoms with van der Waals surface area (Å²) in [5.41, 5.74) is 2.50. The van der Waals surface area contributed by atoms with Gasteiger partial charge in [0, 0.05) is 25.3 Å². The molecule has 0 heterocycles. The summed E-state index contributed by atoms with van der Waals surface area (Å²) < 4.78 is 5.70. The van der Waals surface area contributed by atoms with Gasteiger partial charge < -0.3 is 25.4 Å². The Balaban J connectivity index is 1.42. The van der Waals surface area contributed by atoms with Crippen LogP contribution in [-0.4, -0.2) is 41.6 Å².